The Kier molecular flexibility index (Phi) is 4.05. The van der Waals surface area contributed by atoms with Crippen molar-refractivity contribution >= 4 is 11.9 Å². The topological polar surface area (TPSA) is 46.6 Å². The zero-order valence-electron chi connectivity index (χ0n) is 11.6. The Balaban J connectivity index is 2.85. The summed E-state index contributed by atoms with van der Waals surface area (Å²) in [5, 5.41) is 0. The molecule has 0 N–H and O–H groups in total. The van der Waals surface area contributed by atoms with Gasteiger partial charge in [0, 0.05) is 6.54 Å². The number of rotatable bonds is 2. The molecule has 18 heavy (non-hydrogen) atoms. The summed E-state index contributed by atoms with van der Waals surface area (Å²) in [6, 6.07) is 0. The van der Waals surface area contributed by atoms with Gasteiger partial charge in [-0.25, -0.2) is 4.79 Å². The fraction of sp³-hybridized carbons (Fsp3) is 0.714. The summed E-state index contributed by atoms with van der Waals surface area (Å²) < 4.78 is 5.33. The molecule has 0 bridgehead atoms. The van der Waals surface area contributed by atoms with Gasteiger partial charge < -0.3 is 4.74 Å². The Morgan fingerprint density at radius 3 is 2.56 bits per heavy atom. The van der Waals surface area contributed by atoms with E-state index in [0.717, 1.165) is 6.42 Å². The van der Waals surface area contributed by atoms with Crippen LogP contribution in [0, 0.1) is 12.3 Å². The van der Waals surface area contributed by atoms with Crippen LogP contribution in [0.3, 0.4) is 0 Å². The van der Waals surface area contributed by atoms with E-state index in [1.165, 1.54) is 4.90 Å². The summed E-state index contributed by atoms with van der Waals surface area (Å²) >= 11 is 0. The monoisotopic (exact) mass is 251 g/mol. The van der Waals surface area contributed by atoms with Gasteiger partial charge in [-0.3, -0.25) is 9.69 Å². The van der Waals surface area contributed by atoms with E-state index in [-0.39, 0.29) is 12.2 Å². The molecule has 1 heterocycles. The number of ketones is 1. The first kappa shape index (κ1) is 14.6. The molecule has 1 fully saturated rings. The molecule has 1 amide bonds. The van der Waals surface area contributed by atoms with Gasteiger partial charge in [-0.15, -0.1) is 6.42 Å². The van der Waals surface area contributed by atoms with Gasteiger partial charge in [0.15, 0.2) is 5.78 Å². The maximum absolute atomic E-state index is 12.1. The number of amides is 1. The van der Waals surface area contributed by atoms with Crippen LogP contribution in [-0.4, -0.2) is 34.5 Å². The third-order valence-corrected chi connectivity index (χ3v) is 3.12. The molecular formula is C14H21NO3. The van der Waals surface area contributed by atoms with E-state index in [1.54, 1.807) is 6.92 Å². The van der Waals surface area contributed by atoms with Crippen LogP contribution >= 0.6 is 0 Å². The fourth-order valence-electron chi connectivity index (χ4n) is 2.15. The molecule has 4 heteroatoms. The van der Waals surface area contributed by atoms with E-state index >= 15 is 0 Å². The average molecular weight is 251 g/mol. The normalized spacial score (nSPS) is 23.6. The van der Waals surface area contributed by atoms with Crippen LogP contribution in [0.25, 0.3) is 0 Å². The third kappa shape index (κ3) is 3.04. The van der Waals surface area contributed by atoms with Gasteiger partial charge in [-0.05, 0) is 40.5 Å². The van der Waals surface area contributed by atoms with Gasteiger partial charge in [-0.2, -0.15) is 0 Å². The number of Topliss-reactive ketones (excluding diaryl/α,β-unsaturated/α-hetero) is 1. The van der Waals surface area contributed by atoms with E-state index in [1.807, 2.05) is 20.8 Å². The highest BCUT2D eigenvalue weighted by atomic mass is 16.6. The van der Waals surface area contributed by atoms with Crippen LogP contribution in [0.2, 0.25) is 0 Å². The highest BCUT2D eigenvalue weighted by Crippen LogP contribution is 2.32. The SMILES string of the molecule is C#CCC(=O)[C@@]1(C)CCCN1C(=O)OC(C)(C)C. The first-order valence-electron chi connectivity index (χ1n) is 6.18. The van der Waals surface area contributed by atoms with E-state index in [2.05, 4.69) is 5.92 Å². The molecule has 0 aromatic heterocycles. The van der Waals surface area contributed by atoms with Crippen LogP contribution < -0.4 is 0 Å². The lowest BCUT2D eigenvalue weighted by Gasteiger charge is -2.34. The van der Waals surface area contributed by atoms with E-state index in [0.29, 0.717) is 13.0 Å². The van der Waals surface area contributed by atoms with Crippen LogP contribution in [0.1, 0.15) is 47.0 Å². The van der Waals surface area contributed by atoms with Crippen molar-refractivity contribution in [3.8, 4) is 12.3 Å². The molecule has 0 saturated carbocycles. The smallest absolute Gasteiger partial charge is 0.411 e. The lowest BCUT2D eigenvalue weighted by atomic mass is 9.91. The van der Waals surface area contributed by atoms with Gasteiger partial charge in [0.2, 0.25) is 0 Å². The Morgan fingerprint density at radius 1 is 1.44 bits per heavy atom. The lowest BCUT2D eigenvalue weighted by molar-refractivity contribution is -0.127. The molecular weight excluding hydrogens is 230 g/mol. The first-order chi connectivity index (χ1) is 8.20. The second-order valence-corrected chi connectivity index (χ2v) is 5.81. The Labute approximate surface area is 109 Å². The highest BCUT2D eigenvalue weighted by Gasteiger charge is 2.46. The van der Waals surface area contributed by atoms with Gasteiger partial charge in [0.25, 0.3) is 0 Å². The molecule has 1 atom stereocenters. The molecule has 4 nitrogen and oxygen atoms in total. The minimum absolute atomic E-state index is 0.0514. The van der Waals surface area contributed by atoms with Crippen molar-refractivity contribution in [2.75, 3.05) is 6.54 Å². The van der Waals surface area contributed by atoms with E-state index < -0.39 is 17.2 Å². The van der Waals surface area contributed by atoms with Crippen LogP contribution in [0.15, 0.2) is 0 Å². The number of likely N-dealkylation sites (tertiary alicyclic amines) is 1. The lowest BCUT2D eigenvalue weighted by Crippen LogP contribution is -2.52. The van der Waals surface area contributed by atoms with Gasteiger partial charge >= 0.3 is 6.09 Å². The largest absolute Gasteiger partial charge is 0.444 e. The van der Waals surface area contributed by atoms with Gasteiger partial charge in [-0.1, -0.05) is 5.92 Å². The molecule has 0 aromatic carbocycles. The van der Waals surface area contributed by atoms with Crippen molar-refractivity contribution in [3.63, 3.8) is 0 Å². The molecule has 0 unspecified atom stereocenters. The number of carbonyl (C=O) groups is 2. The third-order valence-electron chi connectivity index (χ3n) is 3.12. The van der Waals surface area contributed by atoms with Gasteiger partial charge in [0.1, 0.15) is 11.1 Å². The first-order valence-corrected chi connectivity index (χ1v) is 6.18. The Hall–Kier alpha value is -1.50. The maximum atomic E-state index is 12.1. The highest BCUT2D eigenvalue weighted by molar-refractivity contribution is 5.93. The summed E-state index contributed by atoms with van der Waals surface area (Å²) in [6.07, 6.45) is 6.23. The fourth-order valence-corrected chi connectivity index (χ4v) is 2.15. The average Bonchev–Trinajstić information content (AvgIpc) is 2.59. The molecule has 0 aromatic rings. The maximum Gasteiger partial charge on any atom is 0.411 e. The molecule has 0 radical (unpaired) electrons. The summed E-state index contributed by atoms with van der Waals surface area (Å²) in [7, 11) is 0. The zero-order valence-corrected chi connectivity index (χ0v) is 11.6. The Bertz CT molecular complexity index is 389. The number of terminal acetylenes is 1. The number of carbonyl (C=O) groups excluding carboxylic acids is 2. The Morgan fingerprint density at radius 2 is 2.06 bits per heavy atom. The van der Waals surface area contributed by atoms with Crippen LogP contribution in [0.5, 0.6) is 0 Å². The molecule has 0 spiro atoms. The second kappa shape index (κ2) is 5.01. The van der Waals surface area contributed by atoms with Crippen molar-refractivity contribution in [2.45, 2.75) is 58.1 Å². The molecule has 1 aliphatic rings. The van der Waals surface area contributed by atoms with Crippen molar-refractivity contribution in [2.24, 2.45) is 0 Å². The zero-order chi connectivity index (χ0) is 14.0. The predicted molar refractivity (Wildman–Crippen MR) is 69.0 cm³/mol. The second-order valence-electron chi connectivity index (χ2n) is 5.81. The number of hydrogen-bond acceptors (Lipinski definition) is 3. The summed E-state index contributed by atoms with van der Waals surface area (Å²) in [6.45, 7) is 7.73. The summed E-state index contributed by atoms with van der Waals surface area (Å²) in [4.78, 5) is 25.7. The van der Waals surface area contributed by atoms with Gasteiger partial charge in [0.05, 0.1) is 6.42 Å². The molecule has 1 rings (SSSR count). The van der Waals surface area contributed by atoms with E-state index in [9.17, 15) is 9.59 Å². The minimum Gasteiger partial charge on any atom is -0.444 e. The van der Waals surface area contributed by atoms with E-state index in [4.69, 9.17) is 11.2 Å². The standard InChI is InChI=1S/C14H21NO3/c1-6-8-11(16)14(5)9-7-10-15(14)12(17)18-13(2,3)4/h1H,7-10H2,2-5H3/t14-/m1/s1. The number of ether oxygens (including phenoxy) is 1. The van der Waals surface area contributed by atoms with Crippen molar-refractivity contribution in [3.05, 3.63) is 0 Å². The predicted octanol–water partition coefficient (Wildman–Crippen LogP) is 2.37. The number of nitrogens with zero attached hydrogens (tertiary/aromatic N) is 1. The molecule has 0 aliphatic carbocycles. The number of hydrogen-bond donors (Lipinski definition) is 0. The van der Waals surface area contributed by atoms with Crippen molar-refractivity contribution in [1.29, 1.82) is 0 Å². The molecule has 100 valence electrons. The van der Waals surface area contributed by atoms with Crippen LogP contribution in [0.4, 0.5) is 4.79 Å². The van der Waals surface area contributed by atoms with Crippen molar-refractivity contribution in [1.82, 2.24) is 4.90 Å². The summed E-state index contributed by atoms with van der Waals surface area (Å²) in [5.74, 6) is 2.26. The quantitative estimate of drug-likeness (QED) is 0.708. The minimum atomic E-state index is -0.811. The van der Waals surface area contributed by atoms with Crippen LogP contribution in [-0.2, 0) is 9.53 Å². The summed E-state index contributed by atoms with van der Waals surface area (Å²) in [5.41, 5.74) is -1.37. The van der Waals surface area contributed by atoms with Crippen molar-refractivity contribution < 1.29 is 14.3 Å². The molecule has 1 saturated heterocycles. The molecule has 1 aliphatic heterocycles.